The van der Waals surface area contributed by atoms with Gasteiger partial charge in [0.15, 0.2) is 0 Å². The molecule has 0 aromatic heterocycles. The first-order valence-corrected chi connectivity index (χ1v) is 11.1. The molecule has 0 fully saturated rings. The van der Waals surface area contributed by atoms with Crippen LogP contribution in [0.2, 0.25) is 0 Å². The molecule has 3 aromatic carbocycles. The average Bonchev–Trinajstić information content (AvgIpc) is 2.78. The van der Waals surface area contributed by atoms with Crippen LogP contribution >= 0.6 is 0 Å². The highest BCUT2D eigenvalue weighted by molar-refractivity contribution is 6.04. The Bertz CT molecular complexity index is 977. The minimum Gasteiger partial charge on any atom is -0.492 e. The van der Waals surface area contributed by atoms with Crippen LogP contribution in [0, 0.1) is 0 Å². The first-order chi connectivity index (χ1) is 15.4. The predicted molar refractivity (Wildman–Crippen MR) is 130 cm³/mol. The third-order valence-electron chi connectivity index (χ3n) is 5.13. The number of carbonyl (C=O) groups excluding carboxylic acids is 1. The maximum atomic E-state index is 12.7. The fraction of sp³-hybridized carbons (Fsp3) is 0.296. The maximum absolute atomic E-state index is 12.7. The molecule has 0 saturated carbocycles. The number of anilines is 1. The van der Waals surface area contributed by atoms with Crippen LogP contribution in [0.1, 0.15) is 38.1 Å². The molecular weight excluding hydrogens is 400 g/mol. The summed E-state index contributed by atoms with van der Waals surface area (Å²) < 4.78 is 11.7. The number of nitrogens with zero attached hydrogens (tertiary/aromatic N) is 1. The Morgan fingerprint density at radius 1 is 0.812 bits per heavy atom. The molecule has 0 unspecified atom stereocenters. The zero-order valence-corrected chi connectivity index (χ0v) is 19.2. The number of nitrogens with one attached hydrogen (secondary N) is 1. The summed E-state index contributed by atoms with van der Waals surface area (Å²) in [6.07, 6.45) is 0. The van der Waals surface area contributed by atoms with E-state index in [4.69, 9.17) is 9.47 Å². The number of amides is 1. The normalized spacial score (nSPS) is 11.1. The minimum absolute atomic E-state index is 0.193. The Kier molecular flexibility index (Phi) is 8.28. The molecule has 1 amide bonds. The fourth-order valence-electron chi connectivity index (χ4n) is 3.54. The molecule has 0 bridgehead atoms. The average molecular weight is 433 g/mol. The second kappa shape index (κ2) is 11.3. The van der Waals surface area contributed by atoms with Gasteiger partial charge in [-0.15, -0.1) is 0 Å². The van der Waals surface area contributed by atoms with Gasteiger partial charge in [0.1, 0.15) is 23.9 Å². The first kappa shape index (κ1) is 23.4. The van der Waals surface area contributed by atoms with Crippen molar-refractivity contribution in [1.29, 1.82) is 0 Å². The van der Waals surface area contributed by atoms with E-state index in [9.17, 15) is 4.79 Å². The number of rotatable bonds is 10. The highest BCUT2D eigenvalue weighted by Crippen LogP contribution is 2.23. The number of hydrogen-bond acceptors (Lipinski definition) is 4. The van der Waals surface area contributed by atoms with Gasteiger partial charge in [0.25, 0.3) is 5.91 Å². The smallest absolute Gasteiger partial charge is 0.255 e. The number of carbonyl (C=O) groups is 1. The van der Waals surface area contributed by atoms with Crippen molar-refractivity contribution in [2.75, 3.05) is 18.5 Å². The summed E-state index contributed by atoms with van der Waals surface area (Å²) in [6.45, 7) is 10.3. The van der Waals surface area contributed by atoms with E-state index in [2.05, 4.69) is 37.9 Å². The summed E-state index contributed by atoms with van der Waals surface area (Å²) in [5, 5.41) is 2.92. The predicted octanol–water partition coefficient (Wildman–Crippen LogP) is 6.23. The van der Waals surface area contributed by atoms with Gasteiger partial charge in [0.2, 0.25) is 0 Å². The van der Waals surface area contributed by atoms with Crippen LogP contribution in [0.5, 0.6) is 17.2 Å². The Morgan fingerprint density at radius 3 is 2.12 bits per heavy atom. The molecule has 3 aromatic rings. The lowest BCUT2D eigenvalue weighted by Gasteiger charge is -2.30. The van der Waals surface area contributed by atoms with Crippen LogP contribution < -0.4 is 14.8 Å². The molecule has 0 heterocycles. The standard InChI is InChI=1S/C27H32N2O3/c1-20(2)29(21(3)4)17-18-31-24-15-13-23(14-16-24)28-27(30)22-9-8-12-26(19-22)32-25-10-6-5-7-11-25/h5-16,19-21H,17-18H2,1-4H3,(H,28,30). The zero-order chi connectivity index (χ0) is 22.9. The molecule has 5 nitrogen and oxygen atoms in total. The van der Waals surface area contributed by atoms with Gasteiger partial charge < -0.3 is 14.8 Å². The van der Waals surface area contributed by atoms with Crippen LogP contribution in [-0.2, 0) is 0 Å². The van der Waals surface area contributed by atoms with E-state index in [-0.39, 0.29) is 5.91 Å². The summed E-state index contributed by atoms with van der Waals surface area (Å²) in [7, 11) is 0. The largest absolute Gasteiger partial charge is 0.492 e. The molecule has 3 rings (SSSR count). The second-order valence-corrected chi connectivity index (χ2v) is 8.20. The third kappa shape index (κ3) is 6.86. The van der Waals surface area contributed by atoms with Crippen molar-refractivity contribution in [2.45, 2.75) is 39.8 Å². The van der Waals surface area contributed by atoms with E-state index in [0.29, 0.717) is 35.7 Å². The molecule has 0 radical (unpaired) electrons. The van der Waals surface area contributed by atoms with Gasteiger partial charge in [-0.25, -0.2) is 0 Å². The van der Waals surface area contributed by atoms with E-state index in [1.165, 1.54) is 0 Å². The van der Waals surface area contributed by atoms with Gasteiger partial charge in [0.05, 0.1) is 0 Å². The van der Waals surface area contributed by atoms with E-state index in [0.717, 1.165) is 18.0 Å². The summed E-state index contributed by atoms with van der Waals surface area (Å²) in [6, 6.07) is 25.0. The first-order valence-electron chi connectivity index (χ1n) is 11.1. The SMILES string of the molecule is CC(C)N(CCOc1ccc(NC(=O)c2cccc(Oc3ccccc3)c2)cc1)C(C)C. The van der Waals surface area contributed by atoms with Gasteiger partial charge in [-0.2, -0.15) is 0 Å². The third-order valence-corrected chi connectivity index (χ3v) is 5.13. The molecule has 32 heavy (non-hydrogen) atoms. The molecule has 0 aliphatic carbocycles. The topological polar surface area (TPSA) is 50.8 Å². The highest BCUT2D eigenvalue weighted by atomic mass is 16.5. The number of benzene rings is 3. The highest BCUT2D eigenvalue weighted by Gasteiger charge is 2.13. The van der Waals surface area contributed by atoms with Crippen molar-refractivity contribution in [3.05, 3.63) is 84.4 Å². The molecule has 0 atom stereocenters. The molecule has 0 saturated heterocycles. The van der Waals surface area contributed by atoms with Crippen molar-refractivity contribution in [2.24, 2.45) is 0 Å². The quantitative estimate of drug-likeness (QED) is 0.413. The van der Waals surface area contributed by atoms with E-state index >= 15 is 0 Å². The number of ether oxygens (including phenoxy) is 2. The zero-order valence-electron chi connectivity index (χ0n) is 19.2. The van der Waals surface area contributed by atoms with Gasteiger partial charge in [-0.3, -0.25) is 9.69 Å². The van der Waals surface area contributed by atoms with Crippen LogP contribution in [0.15, 0.2) is 78.9 Å². The molecule has 0 spiro atoms. The molecule has 5 heteroatoms. The van der Waals surface area contributed by atoms with Crippen molar-refractivity contribution < 1.29 is 14.3 Å². The molecule has 0 aliphatic rings. The monoisotopic (exact) mass is 432 g/mol. The van der Waals surface area contributed by atoms with Crippen LogP contribution in [0.4, 0.5) is 5.69 Å². The Balaban J connectivity index is 1.54. The Labute approximate surface area is 191 Å². The van der Waals surface area contributed by atoms with Crippen LogP contribution in [0.3, 0.4) is 0 Å². The number of para-hydroxylation sites is 1. The number of hydrogen-bond donors (Lipinski definition) is 1. The lowest BCUT2D eigenvalue weighted by atomic mass is 10.2. The van der Waals surface area contributed by atoms with E-state index in [1.807, 2.05) is 66.7 Å². The van der Waals surface area contributed by atoms with E-state index < -0.39 is 0 Å². The van der Waals surface area contributed by atoms with Gasteiger partial charge in [0, 0.05) is 29.9 Å². The lowest BCUT2D eigenvalue weighted by Crippen LogP contribution is -2.39. The molecule has 0 aliphatic heterocycles. The van der Waals surface area contributed by atoms with Gasteiger partial charge in [-0.05, 0) is 82.3 Å². The summed E-state index contributed by atoms with van der Waals surface area (Å²) in [5.41, 5.74) is 1.24. The van der Waals surface area contributed by atoms with Crippen molar-refractivity contribution >= 4 is 11.6 Å². The van der Waals surface area contributed by atoms with Gasteiger partial charge in [-0.1, -0.05) is 24.3 Å². The van der Waals surface area contributed by atoms with Crippen LogP contribution in [-0.4, -0.2) is 36.0 Å². The van der Waals surface area contributed by atoms with Crippen LogP contribution in [0.25, 0.3) is 0 Å². The Hall–Kier alpha value is -3.31. The van der Waals surface area contributed by atoms with Crippen molar-refractivity contribution in [1.82, 2.24) is 4.90 Å². The Morgan fingerprint density at radius 2 is 1.47 bits per heavy atom. The molecular formula is C27H32N2O3. The summed E-state index contributed by atoms with van der Waals surface area (Å²) in [4.78, 5) is 15.1. The van der Waals surface area contributed by atoms with Crippen molar-refractivity contribution in [3.8, 4) is 17.2 Å². The molecule has 168 valence electrons. The fourth-order valence-corrected chi connectivity index (χ4v) is 3.54. The minimum atomic E-state index is -0.193. The lowest BCUT2D eigenvalue weighted by molar-refractivity contribution is 0.102. The summed E-state index contributed by atoms with van der Waals surface area (Å²) in [5.74, 6) is 1.94. The van der Waals surface area contributed by atoms with E-state index in [1.54, 1.807) is 12.1 Å². The van der Waals surface area contributed by atoms with Gasteiger partial charge >= 0.3 is 0 Å². The summed E-state index contributed by atoms with van der Waals surface area (Å²) >= 11 is 0. The molecule has 1 N–H and O–H groups in total. The van der Waals surface area contributed by atoms with Crippen molar-refractivity contribution in [3.63, 3.8) is 0 Å². The second-order valence-electron chi connectivity index (χ2n) is 8.20. The maximum Gasteiger partial charge on any atom is 0.255 e.